The molecule has 0 amide bonds. The third kappa shape index (κ3) is 6.01. The molecule has 1 saturated heterocycles. The van der Waals surface area contributed by atoms with Gasteiger partial charge in [0.2, 0.25) is 0 Å². The summed E-state index contributed by atoms with van der Waals surface area (Å²) in [6, 6.07) is 0. The van der Waals surface area contributed by atoms with E-state index in [4.69, 9.17) is 9.64 Å². The fraction of sp³-hybridized carbons (Fsp3) is 1.00. The first-order valence-electron chi connectivity index (χ1n) is 9.85. The van der Waals surface area contributed by atoms with Crippen LogP contribution in [0.5, 0.6) is 0 Å². The SMILES string of the molecule is CN(C)CC[C](C)(C)[Sn]1([C](C)(C)CCN(C)C)[O][Si](C)(C)O[Si](C)(C)[O]1. The van der Waals surface area contributed by atoms with Gasteiger partial charge in [0.05, 0.1) is 0 Å². The van der Waals surface area contributed by atoms with Crippen LogP contribution in [0.15, 0.2) is 0 Å². The van der Waals surface area contributed by atoms with Gasteiger partial charge in [0.15, 0.2) is 0 Å². The molecule has 0 radical (unpaired) electrons. The molecule has 0 saturated carbocycles. The summed E-state index contributed by atoms with van der Waals surface area (Å²) in [5.41, 5.74) is 0. The monoisotopic (exact) mass is 512 g/mol. The van der Waals surface area contributed by atoms with Gasteiger partial charge in [0.25, 0.3) is 0 Å². The van der Waals surface area contributed by atoms with E-state index in [2.05, 4.69) is 91.9 Å². The molecule has 26 heavy (non-hydrogen) atoms. The molecule has 0 aromatic rings. The molecule has 1 rings (SSSR count). The second-order valence-corrected chi connectivity index (χ2v) is 32.2. The van der Waals surface area contributed by atoms with Gasteiger partial charge in [-0.15, -0.1) is 0 Å². The normalized spacial score (nSPS) is 22.8. The van der Waals surface area contributed by atoms with Gasteiger partial charge in [-0.2, -0.15) is 0 Å². The fourth-order valence-electron chi connectivity index (χ4n) is 4.15. The summed E-state index contributed by atoms with van der Waals surface area (Å²) in [7, 11) is 4.22. The maximum absolute atomic E-state index is 7.09. The summed E-state index contributed by atoms with van der Waals surface area (Å²) in [6.45, 7) is 20.6. The second-order valence-electron chi connectivity index (χ2n) is 10.6. The van der Waals surface area contributed by atoms with Crippen LogP contribution in [0.2, 0.25) is 33.0 Å². The van der Waals surface area contributed by atoms with Crippen LogP contribution < -0.4 is 0 Å². The van der Waals surface area contributed by atoms with Gasteiger partial charge >= 0.3 is 171 Å². The maximum atomic E-state index is 7.09. The number of rotatable bonds is 8. The zero-order valence-corrected chi connectivity index (χ0v) is 24.3. The summed E-state index contributed by atoms with van der Waals surface area (Å²) in [5.74, 6) is 0. The number of hydrogen-bond donors (Lipinski definition) is 0. The van der Waals surface area contributed by atoms with Crippen LogP contribution in [0.25, 0.3) is 0 Å². The Morgan fingerprint density at radius 1 is 0.692 bits per heavy atom. The zero-order valence-electron chi connectivity index (χ0n) is 19.4. The standard InChI is InChI=1S/2C7H16N.C4H12O3Si2.Sn/c2*1-7(2)5-6-8(3)4;1-8(2,5)7-9(3,4)6;/h2*5-6H2,1-4H3;1-4H3;/q;;-2;+2. The van der Waals surface area contributed by atoms with E-state index in [1.807, 2.05) is 0 Å². The van der Waals surface area contributed by atoms with E-state index in [0.717, 1.165) is 25.9 Å². The molecule has 5 nitrogen and oxygen atoms in total. The summed E-state index contributed by atoms with van der Waals surface area (Å²) < 4.78 is 20.8. The van der Waals surface area contributed by atoms with Crippen molar-refractivity contribution in [3.8, 4) is 0 Å². The molecule has 1 heterocycles. The van der Waals surface area contributed by atoms with E-state index in [9.17, 15) is 0 Å². The first kappa shape index (κ1) is 25.1. The first-order chi connectivity index (χ1) is 11.5. The van der Waals surface area contributed by atoms with Gasteiger partial charge in [-0.3, -0.25) is 0 Å². The van der Waals surface area contributed by atoms with Gasteiger partial charge in [-0.25, -0.2) is 0 Å². The van der Waals surface area contributed by atoms with Crippen LogP contribution in [-0.4, -0.2) is 87.4 Å². The Hall–Kier alpha value is 1.03. The average molecular weight is 511 g/mol. The molecule has 0 aromatic heterocycles. The van der Waals surface area contributed by atoms with E-state index >= 15 is 0 Å². The molecular formula is C18H44N2O3Si2Sn. The summed E-state index contributed by atoms with van der Waals surface area (Å²) in [5, 5.41) is 0. The summed E-state index contributed by atoms with van der Waals surface area (Å²) in [6.07, 6.45) is 2.22. The number of hydrogen-bond acceptors (Lipinski definition) is 5. The predicted molar refractivity (Wildman–Crippen MR) is 118 cm³/mol. The quantitative estimate of drug-likeness (QED) is 0.453. The Balaban J connectivity index is 3.41. The third-order valence-corrected chi connectivity index (χ3v) is 35.9. The van der Waals surface area contributed by atoms with Crippen molar-refractivity contribution in [1.29, 1.82) is 0 Å². The molecule has 156 valence electrons. The molecule has 1 fully saturated rings. The van der Waals surface area contributed by atoms with Crippen LogP contribution in [-0.2, 0) is 9.64 Å². The van der Waals surface area contributed by atoms with E-state index < -0.39 is 36.3 Å². The molecule has 0 bridgehead atoms. The molecule has 0 N–H and O–H groups in total. The van der Waals surface area contributed by atoms with Crippen LogP contribution >= 0.6 is 0 Å². The molecule has 0 atom stereocenters. The van der Waals surface area contributed by atoms with Crippen LogP contribution in [0.1, 0.15) is 40.5 Å². The molecular weight excluding hydrogens is 467 g/mol. The van der Waals surface area contributed by atoms with Crippen molar-refractivity contribution < 1.29 is 9.64 Å². The Morgan fingerprint density at radius 2 is 1.00 bits per heavy atom. The molecule has 8 heteroatoms. The van der Waals surface area contributed by atoms with E-state index in [0.29, 0.717) is 0 Å². The van der Waals surface area contributed by atoms with Crippen molar-refractivity contribution in [2.45, 2.75) is 73.6 Å². The third-order valence-electron chi connectivity index (χ3n) is 5.42. The van der Waals surface area contributed by atoms with Gasteiger partial charge < -0.3 is 0 Å². The van der Waals surface area contributed by atoms with Crippen LogP contribution in [0, 0.1) is 0 Å². The van der Waals surface area contributed by atoms with Crippen molar-refractivity contribution in [2.24, 2.45) is 0 Å². The second kappa shape index (κ2) is 8.41. The minimum absolute atomic E-state index is 0.0765. The Kier molecular flexibility index (Phi) is 8.11. The van der Waals surface area contributed by atoms with Crippen molar-refractivity contribution >= 4 is 36.3 Å². The van der Waals surface area contributed by atoms with Gasteiger partial charge in [-0.05, 0) is 0 Å². The van der Waals surface area contributed by atoms with Gasteiger partial charge in [-0.1, -0.05) is 0 Å². The predicted octanol–water partition coefficient (Wildman–Crippen LogP) is 4.36. The zero-order chi connectivity index (χ0) is 20.6. The molecule has 0 unspecified atom stereocenters. The van der Waals surface area contributed by atoms with E-state index in [-0.39, 0.29) is 6.86 Å². The molecule has 0 spiro atoms. The summed E-state index contributed by atoms with van der Waals surface area (Å²) >= 11 is -3.60. The summed E-state index contributed by atoms with van der Waals surface area (Å²) in [4.78, 5) is 4.55. The molecule has 0 aliphatic carbocycles. The molecule has 0 aromatic carbocycles. The Morgan fingerprint density at radius 3 is 1.27 bits per heavy atom. The van der Waals surface area contributed by atoms with Gasteiger partial charge in [0.1, 0.15) is 0 Å². The molecule has 1 aliphatic rings. The molecule has 1 aliphatic heterocycles. The first-order valence-corrected chi connectivity index (χ1v) is 20.7. The van der Waals surface area contributed by atoms with Crippen LogP contribution in [0.3, 0.4) is 0 Å². The fourth-order valence-corrected chi connectivity index (χ4v) is 44.2. The van der Waals surface area contributed by atoms with E-state index in [1.165, 1.54) is 0 Å². The van der Waals surface area contributed by atoms with Gasteiger partial charge in [0, 0.05) is 0 Å². The van der Waals surface area contributed by atoms with Crippen molar-refractivity contribution in [3.63, 3.8) is 0 Å². The van der Waals surface area contributed by atoms with Crippen molar-refractivity contribution in [3.05, 3.63) is 0 Å². The number of nitrogens with zero attached hydrogens (tertiary/aromatic N) is 2. The minimum atomic E-state index is -3.60. The topological polar surface area (TPSA) is 34.2 Å². The van der Waals surface area contributed by atoms with E-state index in [1.54, 1.807) is 0 Å². The Labute approximate surface area is 170 Å². The average Bonchev–Trinajstić information content (AvgIpc) is 2.39. The van der Waals surface area contributed by atoms with Crippen LogP contribution in [0.4, 0.5) is 0 Å². The van der Waals surface area contributed by atoms with Crippen molar-refractivity contribution in [1.82, 2.24) is 9.80 Å². The van der Waals surface area contributed by atoms with Crippen molar-refractivity contribution in [2.75, 3.05) is 41.3 Å². The Bertz CT molecular complexity index is 441.